The Balaban J connectivity index is 1.65. The molecule has 0 aliphatic rings. The number of thiazole rings is 1. The summed E-state index contributed by atoms with van der Waals surface area (Å²) in [5, 5.41) is 14.0. The topological polar surface area (TPSA) is 85.6 Å². The van der Waals surface area contributed by atoms with Gasteiger partial charge in [0.1, 0.15) is 10.7 Å². The van der Waals surface area contributed by atoms with Crippen molar-refractivity contribution < 1.29 is 18.0 Å². The van der Waals surface area contributed by atoms with Crippen molar-refractivity contribution >= 4 is 29.0 Å². The van der Waals surface area contributed by atoms with Gasteiger partial charge in [0.05, 0.1) is 17.0 Å². The standard InChI is InChI=1S/C22H19F3N6OS2/c1-2-8-27-20(32)17-12-33-18(28-17)13-34-21-30-29-19(14-6-9-26-10-7-14)31(21)16-5-3-4-15(11-16)22(23,24)25/h3-7,9-12H,2,8,13H2,1H3,(H,27,32). The summed E-state index contributed by atoms with van der Waals surface area (Å²) in [7, 11) is 0. The zero-order chi connectivity index (χ0) is 24.1. The molecule has 4 rings (SSSR count). The molecule has 0 bridgehead atoms. The van der Waals surface area contributed by atoms with Crippen LogP contribution in [0.2, 0.25) is 0 Å². The fourth-order valence-electron chi connectivity index (χ4n) is 3.04. The van der Waals surface area contributed by atoms with Crippen molar-refractivity contribution in [1.82, 2.24) is 30.0 Å². The van der Waals surface area contributed by atoms with Gasteiger partial charge in [-0.3, -0.25) is 14.3 Å². The minimum atomic E-state index is -4.48. The van der Waals surface area contributed by atoms with E-state index in [1.165, 1.54) is 29.2 Å². The molecule has 12 heteroatoms. The zero-order valence-electron chi connectivity index (χ0n) is 17.9. The second-order valence-electron chi connectivity index (χ2n) is 7.10. The Morgan fingerprint density at radius 3 is 2.71 bits per heavy atom. The van der Waals surface area contributed by atoms with E-state index in [9.17, 15) is 18.0 Å². The molecule has 7 nitrogen and oxygen atoms in total. The number of amides is 1. The Morgan fingerprint density at radius 2 is 1.97 bits per heavy atom. The minimum absolute atomic E-state index is 0.235. The molecule has 0 aliphatic heterocycles. The first-order chi connectivity index (χ1) is 16.4. The third-order valence-electron chi connectivity index (χ3n) is 4.65. The highest BCUT2D eigenvalue weighted by molar-refractivity contribution is 7.98. The molecule has 34 heavy (non-hydrogen) atoms. The minimum Gasteiger partial charge on any atom is -0.351 e. The van der Waals surface area contributed by atoms with Gasteiger partial charge in [0.2, 0.25) is 0 Å². The number of rotatable bonds is 8. The van der Waals surface area contributed by atoms with Crippen LogP contribution < -0.4 is 5.32 Å². The van der Waals surface area contributed by atoms with Crippen LogP contribution in [-0.4, -0.2) is 37.2 Å². The van der Waals surface area contributed by atoms with Crippen LogP contribution in [0.5, 0.6) is 0 Å². The van der Waals surface area contributed by atoms with E-state index < -0.39 is 11.7 Å². The van der Waals surface area contributed by atoms with Gasteiger partial charge < -0.3 is 5.32 Å². The highest BCUT2D eigenvalue weighted by Gasteiger charge is 2.31. The fraction of sp³-hybridized carbons (Fsp3) is 0.227. The van der Waals surface area contributed by atoms with Crippen molar-refractivity contribution in [2.75, 3.05) is 6.54 Å². The number of nitrogens with one attached hydrogen (secondary N) is 1. The lowest BCUT2D eigenvalue weighted by molar-refractivity contribution is -0.137. The number of hydrogen-bond donors (Lipinski definition) is 1. The first-order valence-corrected chi connectivity index (χ1v) is 12.1. The average molecular weight is 505 g/mol. The van der Waals surface area contributed by atoms with E-state index in [0.29, 0.717) is 39.5 Å². The highest BCUT2D eigenvalue weighted by Crippen LogP contribution is 2.34. The molecule has 1 aromatic carbocycles. The van der Waals surface area contributed by atoms with Crippen LogP contribution in [0.1, 0.15) is 34.4 Å². The molecule has 0 unspecified atom stereocenters. The molecule has 1 N–H and O–H groups in total. The van der Waals surface area contributed by atoms with Gasteiger partial charge in [-0.1, -0.05) is 24.8 Å². The molecule has 1 amide bonds. The first-order valence-electron chi connectivity index (χ1n) is 10.3. The number of alkyl halides is 3. The molecule has 0 spiro atoms. The molecule has 0 radical (unpaired) electrons. The van der Waals surface area contributed by atoms with Gasteiger partial charge in [-0.2, -0.15) is 13.2 Å². The Hall–Kier alpha value is -3.25. The van der Waals surface area contributed by atoms with Crippen molar-refractivity contribution in [3.05, 3.63) is 70.4 Å². The van der Waals surface area contributed by atoms with Crippen LogP contribution in [0.4, 0.5) is 13.2 Å². The van der Waals surface area contributed by atoms with Gasteiger partial charge >= 0.3 is 6.18 Å². The number of nitrogens with zero attached hydrogens (tertiary/aromatic N) is 5. The van der Waals surface area contributed by atoms with Crippen LogP contribution in [-0.2, 0) is 11.9 Å². The monoisotopic (exact) mass is 504 g/mol. The van der Waals surface area contributed by atoms with Crippen LogP contribution >= 0.6 is 23.1 Å². The molecule has 0 fully saturated rings. The summed E-state index contributed by atoms with van der Waals surface area (Å²) < 4.78 is 41.6. The quantitative estimate of drug-likeness (QED) is 0.331. The first kappa shape index (κ1) is 23.9. The Labute approximate surface area is 201 Å². The lowest BCUT2D eigenvalue weighted by atomic mass is 10.2. The van der Waals surface area contributed by atoms with Crippen molar-refractivity contribution in [1.29, 1.82) is 0 Å². The predicted molar refractivity (Wildman–Crippen MR) is 124 cm³/mol. The molecular formula is C22H19F3N6OS2. The number of aromatic nitrogens is 5. The summed E-state index contributed by atoms with van der Waals surface area (Å²) in [6, 6.07) is 8.44. The zero-order valence-corrected chi connectivity index (χ0v) is 19.5. The third kappa shape index (κ3) is 5.45. The maximum Gasteiger partial charge on any atom is 0.416 e. The smallest absolute Gasteiger partial charge is 0.351 e. The third-order valence-corrected chi connectivity index (χ3v) is 6.62. The SMILES string of the molecule is CCCNC(=O)c1csc(CSc2nnc(-c3ccncc3)n2-c2cccc(C(F)(F)F)c2)n1. The van der Waals surface area contributed by atoms with Gasteiger partial charge in [-0.15, -0.1) is 21.5 Å². The van der Waals surface area contributed by atoms with Crippen LogP contribution in [0, 0.1) is 0 Å². The van der Waals surface area contributed by atoms with Gasteiger partial charge in [0, 0.05) is 29.9 Å². The summed E-state index contributed by atoms with van der Waals surface area (Å²) in [6.07, 6.45) is -0.505. The van der Waals surface area contributed by atoms with E-state index in [1.54, 1.807) is 40.5 Å². The summed E-state index contributed by atoms with van der Waals surface area (Å²) in [5.41, 5.74) is 0.521. The Bertz CT molecular complexity index is 1270. The molecule has 0 saturated heterocycles. The second-order valence-corrected chi connectivity index (χ2v) is 8.98. The molecule has 3 heterocycles. The molecule has 4 aromatic rings. The number of halogens is 3. The van der Waals surface area contributed by atoms with E-state index in [-0.39, 0.29) is 11.6 Å². The van der Waals surface area contributed by atoms with Crippen molar-refractivity contribution in [3.63, 3.8) is 0 Å². The molecular weight excluding hydrogens is 485 g/mol. The summed E-state index contributed by atoms with van der Waals surface area (Å²) in [4.78, 5) is 20.5. The van der Waals surface area contributed by atoms with E-state index in [2.05, 4.69) is 25.5 Å². The predicted octanol–water partition coefficient (Wildman–Crippen LogP) is 5.24. The maximum absolute atomic E-state index is 13.4. The normalized spacial score (nSPS) is 11.5. The van der Waals surface area contributed by atoms with E-state index in [1.807, 2.05) is 6.92 Å². The fourth-order valence-corrected chi connectivity index (χ4v) is 4.79. The molecule has 176 valence electrons. The van der Waals surface area contributed by atoms with Crippen molar-refractivity contribution in [2.45, 2.75) is 30.4 Å². The van der Waals surface area contributed by atoms with Crippen molar-refractivity contribution in [2.24, 2.45) is 0 Å². The largest absolute Gasteiger partial charge is 0.416 e. The highest BCUT2D eigenvalue weighted by atomic mass is 32.2. The molecule has 3 aromatic heterocycles. The molecule has 0 atom stereocenters. The van der Waals surface area contributed by atoms with Crippen molar-refractivity contribution in [3.8, 4) is 17.1 Å². The second kappa shape index (κ2) is 10.3. The average Bonchev–Trinajstić information content (AvgIpc) is 3.48. The number of pyridine rings is 1. The van der Waals surface area contributed by atoms with E-state index >= 15 is 0 Å². The van der Waals surface area contributed by atoms with Crippen LogP contribution in [0.15, 0.2) is 59.3 Å². The molecule has 0 saturated carbocycles. The summed E-state index contributed by atoms with van der Waals surface area (Å²) >= 11 is 2.61. The maximum atomic E-state index is 13.4. The number of benzene rings is 1. The van der Waals surface area contributed by atoms with Gasteiger partial charge in [0.15, 0.2) is 11.0 Å². The lowest BCUT2D eigenvalue weighted by Crippen LogP contribution is -2.24. The number of carbonyl (C=O) groups excluding carboxylic acids is 1. The Kier molecular flexibility index (Phi) is 7.27. The number of hydrogen-bond acceptors (Lipinski definition) is 7. The van der Waals surface area contributed by atoms with Crippen LogP contribution in [0.3, 0.4) is 0 Å². The van der Waals surface area contributed by atoms with E-state index in [4.69, 9.17) is 0 Å². The van der Waals surface area contributed by atoms with Gasteiger partial charge in [-0.25, -0.2) is 4.98 Å². The Morgan fingerprint density at radius 1 is 1.18 bits per heavy atom. The summed E-state index contributed by atoms with van der Waals surface area (Å²) in [6.45, 7) is 2.53. The van der Waals surface area contributed by atoms with Gasteiger partial charge in [0.25, 0.3) is 5.91 Å². The summed E-state index contributed by atoms with van der Waals surface area (Å²) in [5.74, 6) is 0.531. The number of carbonyl (C=O) groups is 1. The van der Waals surface area contributed by atoms with E-state index in [0.717, 1.165) is 18.6 Å². The number of thioether (sulfide) groups is 1. The molecule has 0 aliphatic carbocycles. The van der Waals surface area contributed by atoms with Gasteiger partial charge in [-0.05, 0) is 36.8 Å². The lowest BCUT2D eigenvalue weighted by Gasteiger charge is -2.13. The van der Waals surface area contributed by atoms with Crippen LogP contribution in [0.25, 0.3) is 17.1 Å².